The van der Waals surface area contributed by atoms with Gasteiger partial charge in [0, 0.05) is 28.7 Å². The molecule has 1 aromatic heterocycles. The lowest BCUT2D eigenvalue weighted by atomic mass is 10.1. The summed E-state index contributed by atoms with van der Waals surface area (Å²) in [5.74, 6) is -0.355. The second-order valence-corrected chi connectivity index (χ2v) is 5.26. The third-order valence-corrected chi connectivity index (χ3v) is 3.69. The highest BCUT2D eigenvalue weighted by molar-refractivity contribution is 6.30. The van der Waals surface area contributed by atoms with Crippen molar-refractivity contribution >= 4 is 17.6 Å². The summed E-state index contributed by atoms with van der Waals surface area (Å²) in [5, 5.41) is 0.674. The fraction of sp³-hybridized carbons (Fsp3) is 0.0556. The van der Waals surface area contributed by atoms with Crippen LogP contribution in [0.25, 0.3) is 16.8 Å². The zero-order chi connectivity index (χ0) is 15.5. The minimum Gasteiger partial charge on any atom is -0.465 e. The van der Waals surface area contributed by atoms with Gasteiger partial charge in [-0.25, -0.2) is 4.79 Å². The normalized spacial score (nSPS) is 10.5. The fourth-order valence-corrected chi connectivity index (χ4v) is 2.46. The number of carbonyl (C=O) groups is 1. The Kier molecular flexibility index (Phi) is 3.98. The van der Waals surface area contributed by atoms with Crippen LogP contribution >= 0.6 is 11.6 Å². The lowest BCUT2D eigenvalue weighted by Crippen LogP contribution is -2.01. The summed E-state index contributed by atoms with van der Waals surface area (Å²) >= 11 is 5.92. The topological polar surface area (TPSA) is 31.2 Å². The molecule has 0 fully saturated rings. The van der Waals surface area contributed by atoms with E-state index in [1.54, 1.807) is 6.20 Å². The van der Waals surface area contributed by atoms with Crippen molar-refractivity contribution in [3.8, 4) is 16.8 Å². The summed E-state index contributed by atoms with van der Waals surface area (Å²) in [7, 11) is 1.39. The Hall–Kier alpha value is -2.52. The van der Waals surface area contributed by atoms with Crippen LogP contribution in [0.1, 0.15) is 10.4 Å². The maximum atomic E-state index is 12.0. The molecule has 0 amide bonds. The van der Waals surface area contributed by atoms with Crippen molar-refractivity contribution in [3.63, 3.8) is 0 Å². The van der Waals surface area contributed by atoms with Gasteiger partial charge in [-0.1, -0.05) is 41.9 Å². The molecule has 0 aliphatic rings. The van der Waals surface area contributed by atoms with E-state index in [-0.39, 0.29) is 5.97 Å². The monoisotopic (exact) mass is 311 g/mol. The van der Waals surface area contributed by atoms with Gasteiger partial charge in [-0.3, -0.25) is 0 Å². The molecule has 110 valence electrons. The lowest BCUT2D eigenvalue weighted by Gasteiger charge is -2.02. The first-order chi connectivity index (χ1) is 10.7. The van der Waals surface area contributed by atoms with Gasteiger partial charge in [0.2, 0.25) is 0 Å². The minimum absolute atomic E-state index is 0.355. The van der Waals surface area contributed by atoms with Gasteiger partial charge in [-0.05, 0) is 29.8 Å². The van der Waals surface area contributed by atoms with Crippen molar-refractivity contribution in [1.29, 1.82) is 0 Å². The predicted octanol–water partition coefficient (Wildman–Crippen LogP) is 4.58. The molecule has 2 aromatic carbocycles. The van der Waals surface area contributed by atoms with Crippen molar-refractivity contribution in [3.05, 3.63) is 77.6 Å². The largest absolute Gasteiger partial charge is 0.465 e. The number of hydrogen-bond donors (Lipinski definition) is 0. The Morgan fingerprint density at radius 2 is 1.68 bits per heavy atom. The molecule has 0 saturated heterocycles. The number of benzene rings is 2. The van der Waals surface area contributed by atoms with E-state index in [0.29, 0.717) is 10.6 Å². The molecule has 0 atom stereocenters. The first kappa shape index (κ1) is 14.4. The lowest BCUT2D eigenvalue weighted by molar-refractivity contribution is 0.0601. The van der Waals surface area contributed by atoms with E-state index in [1.165, 1.54) is 7.11 Å². The number of aromatic nitrogens is 1. The average molecular weight is 312 g/mol. The van der Waals surface area contributed by atoms with Gasteiger partial charge in [-0.2, -0.15) is 0 Å². The number of rotatable bonds is 3. The fourth-order valence-electron chi connectivity index (χ4n) is 2.34. The SMILES string of the molecule is COC(=O)c1cn(-c2ccc(Cl)cc2)cc1-c1ccccc1. The van der Waals surface area contributed by atoms with Gasteiger partial charge in [0.1, 0.15) is 0 Å². The molecule has 0 saturated carbocycles. The van der Waals surface area contributed by atoms with Crippen molar-refractivity contribution in [2.24, 2.45) is 0 Å². The van der Waals surface area contributed by atoms with Crippen molar-refractivity contribution in [2.45, 2.75) is 0 Å². The second kappa shape index (κ2) is 6.08. The van der Waals surface area contributed by atoms with Crippen molar-refractivity contribution < 1.29 is 9.53 Å². The van der Waals surface area contributed by atoms with E-state index in [2.05, 4.69) is 0 Å². The standard InChI is InChI=1S/C18H14ClNO2/c1-22-18(21)17-12-20(15-9-7-14(19)8-10-15)11-16(17)13-5-3-2-4-6-13/h2-12H,1H3. The van der Waals surface area contributed by atoms with Gasteiger partial charge in [-0.15, -0.1) is 0 Å². The van der Waals surface area contributed by atoms with Crippen LogP contribution < -0.4 is 0 Å². The van der Waals surface area contributed by atoms with E-state index in [4.69, 9.17) is 16.3 Å². The third-order valence-electron chi connectivity index (χ3n) is 3.44. The minimum atomic E-state index is -0.355. The Morgan fingerprint density at radius 1 is 1.00 bits per heavy atom. The molecule has 1 heterocycles. The van der Waals surface area contributed by atoms with Crippen LogP contribution in [0.3, 0.4) is 0 Å². The highest BCUT2D eigenvalue weighted by Gasteiger charge is 2.17. The van der Waals surface area contributed by atoms with Crippen LogP contribution in [0, 0.1) is 0 Å². The molecule has 0 spiro atoms. The highest BCUT2D eigenvalue weighted by Crippen LogP contribution is 2.27. The number of hydrogen-bond acceptors (Lipinski definition) is 2. The smallest absolute Gasteiger partial charge is 0.340 e. The van der Waals surface area contributed by atoms with Crippen LogP contribution in [0.5, 0.6) is 0 Å². The summed E-state index contributed by atoms with van der Waals surface area (Å²) < 4.78 is 6.79. The van der Waals surface area contributed by atoms with Crippen LogP contribution in [0.4, 0.5) is 0 Å². The van der Waals surface area contributed by atoms with Gasteiger partial charge in [0.15, 0.2) is 0 Å². The molecule has 0 N–H and O–H groups in total. The second-order valence-electron chi connectivity index (χ2n) is 4.83. The number of nitrogens with zero attached hydrogens (tertiary/aromatic N) is 1. The molecule has 22 heavy (non-hydrogen) atoms. The molecule has 0 aliphatic carbocycles. The predicted molar refractivity (Wildman–Crippen MR) is 87.6 cm³/mol. The Bertz CT molecular complexity index is 792. The first-order valence-electron chi connectivity index (χ1n) is 6.80. The molecular weight excluding hydrogens is 298 g/mol. The molecule has 0 aliphatic heterocycles. The molecule has 3 nitrogen and oxygen atoms in total. The quantitative estimate of drug-likeness (QED) is 0.663. The van der Waals surface area contributed by atoms with Crippen molar-refractivity contribution in [1.82, 2.24) is 4.57 Å². The molecule has 3 rings (SSSR count). The summed E-state index contributed by atoms with van der Waals surface area (Å²) in [6.07, 6.45) is 3.70. The Labute approximate surface area is 133 Å². The molecule has 0 radical (unpaired) electrons. The van der Waals surface area contributed by atoms with Crippen molar-refractivity contribution in [2.75, 3.05) is 7.11 Å². The summed E-state index contributed by atoms with van der Waals surface area (Å²) in [4.78, 5) is 12.0. The first-order valence-corrected chi connectivity index (χ1v) is 7.18. The van der Waals surface area contributed by atoms with E-state index in [1.807, 2.05) is 65.4 Å². The zero-order valence-electron chi connectivity index (χ0n) is 12.0. The number of ether oxygens (including phenoxy) is 1. The van der Waals surface area contributed by atoms with Crippen LogP contribution in [-0.2, 0) is 4.74 Å². The molecule has 0 unspecified atom stereocenters. The Balaban J connectivity index is 2.13. The highest BCUT2D eigenvalue weighted by atomic mass is 35.5. The average Bonchev–Trinajstić information content (AvgIpc) is 3.01. The maximum absolute atomic E-state index is 12.0. The molecule has 4 heteroatoms. The third kappa shape index (κ3) is 2.76. The van der Waals surface area contributed by atoms with Crippen LogP contribution in [0.2, 0.25) is 5.02 Å². The number of esters is 1. The molecule has 0 bridgehead atoms. The molecular formula is C18H14ClNO2. The molecule has 3 aromatic rings. The summed E-state index contributed by atoms with van der Waals surface area (Å²) in [6, 6.07) is 17.2. The van der Waals surface area contributed by atoms with Gasteiger partial charge >= 0.3 is 5.97 Å². The maximum Gasteiger partial charge on any atom is 0.340 e. The Morgan fingerprint density at radius 3 is 2.32 bits per heavy atom. The van der Waals surface area contributed by atoms with E-state index >= 15 is 0 Å². The van der Waals surface area contributed by atoms with Crippen LogP contribution in [0.15, 0.2) is 67.0 Å². The van der Waals surface area contributed by atoms with Gasteiger partial charge in [0.05, 0.1) is 12.7 Å². The summed E-state index contributed by atoms with van der Waals surface area (Å²) in [6.45, 7) is 0. The van der Waals surface area contributed by atoms with E-state index in [0.717, 1.165) is 16.8 Å². The number of carbonyl (C=O) groups excluding carboxylic acids is 1. The van der Waals surface area contributed by atoms with Gasteiger partial charge < -0.3 is 9.30 Å². The summed E-state index contributed by atoms with van der Waals surface area (Å²) in [5.41, 5.74) is 3.26. The van der Waals surface area contributed by atoms with E-state index < -0.39 is 0 Å². The van der Waals surface area contributed by atoms with E-state index in [9.17, 15) is 4.79 Å². The number of halogens is 1. The van der Waals surface area contributed by atoms with Gasteiger partial charge in [0.25, 0.3) is 0 Å². The number of methoxy groups -OCH3 is 1. The van der Waals surface area contributed by atoms with Crippen LogP contribution in [-0.4, -0.2) is 17.6 Å². The zero-order valence-corrected chi connectivity index (χ0v) is 12.7.